The summed E-state index contributed by atoms with van der Waals surface area (Å²) in [6.07, 6.45) is 4.21. The van der Waals surface area contributed by atoms with E-state index in [4.69, 9.17) is 4.74 Å². The molecule has 1 N–H and O–H groups in total. The monoisotopic (exact) mass is 398 g/mol. The van der Waals surface area contributed by atoms with Gasteiger partial charge in [0.2, 0.25) is 5.56 Å². The van der Waals surface area contributed by atoms with Crippen molar-refractivity contribution in [2.45, 2.75) is 12.5 Å². The molecule has 1 aliphatic rings. The van der Waals surface area contributed by atoms with Crippen LogP contribution in [0.2, 0.25) is 0 Å². The first kappa shape index (κ1) is 18.6. The van der Waals surface area contributed by atoms with Crippen LogP contribution in [0.3, 0.4) is 0 Å². The van der Waals surface area contributed by atoms with Crippen molar-refractivity contribution in [3.8, 4) is 0 Å². The third-order valence-electron chi connectivity index (χ3n) is 4.85. The number of ether oxygens (including phenoxy) is 1. The Bertz CT molecular complexity index is 1050. The fourth-order valence-electron chi connectivity index (χ4n) is 3.38. The summed E-state index contributed by atoms with van der Waals surface area (Å²) in [6, 6.07) is 7.02. The Balaban J connectivity index is 1.44. The Morgan fingerprint density at radius 2 is 2.25 bits per heavy atom. The molecule has 0 aliphatic carbocycles. The number of amides is 1. The fraction of sp³-hybridized carbons (Fsp3) is 0.350. The number of carbonyl (C=O) groups is 1. The van der Waals surface area contributed by atoms with Gasteiger partial charge in [0.15, 0.2) is 0 Å². The quantitative estimate of drug-likeness (QED) is 0.728. The Morgan fingerprint density at radius 1 is 1.36 bits per heavy atom. The molecule has 1 unspecified atom stereocenters. The summed E-state index contributed by atoms with van der Waals surface area (Å²) < 4.78 is 8.53. The Labute approximate surface area is 166 Å². The third-order valence-corrected chi connectivity index (χ3v) is 5.78. The number of pyridine rings is 2. The predicted octanol–water partition coefficient (Wildman–Crippen LogP) is 2.02. The highest BCUT2D eigenvalue weighted by molar-refractivity contribution is 7.17. The highest BCUT2D eigenvalue weighted by atomic mass is 32.1. The van der Waals surface area contributed by atoms with Crippen molar-refractivity contribution >= 4 is 33.1 Å². The van der Waals surface area contributed by atoms with Gasteiger partial charge in [0.05, 0.1) is 27.6 Å². The van der Waals surface area contributed by atoms with Crippen molar-refractivity contribution in [1.29, 1.82) is 0 Å². The number of carbonyl (C=O) groups excluding carboxylic acids is 1. The molecule has 4 rings (SSSR count). The molecule has 0 spiro atoms. The Hall–Kier alpha value is -2.71. The lowest BCUT2D eigenvalue weighted by Gasteiger charge is -2.26. The minimum absolute atomic E-state index is 0.109. The van der Waals surface area contributed by atoms with E-state index in [-0.39, 0.29) is 17.6 Å². The van der Waals surface area contributed by atoms with E-state index in [1.54, 1.807) is 30.6 Å². The van der Waals surface area contributed by atoms with Gasteiger partial charge < -0.3 is 19.5 Å². The van der Waals surface area contributed by atoms with E-state index in [0.717, 1.165) is 18.5 Å². The van der Waals surface area contributed by atoms with Crippen LogP contribution in [0.1, 0.15) is 16.8 Å². The van der Waals surface area contributed by atoms with Crippen LogP contribution in [-0.4, -0.2) is 47.8 Å². The smallest absolute Gasteiger partial charge is 0.252 e. The lowest BCUT2D eigenvalue weighted by molar-refractivity contribution is 0.0640. The van der Waals surface area contributed by atoms with Crippen LogP contribution in [0.15, 0.2) is 46.8 Å². The van der Waals surface area contributed by atoms with Gasteiger partial charge in [0.25, 0.3) is 5.91 Å². The SMILES string of the molecule is Cn1cc(C(=O)NCC2CN(c3ccnc4ccsc34)CCCO2)ccc1=O. The van der Waals surface area contributed by atoms with Crippen molar-refractivity contribution < 1.29 is 9.53 Å². The van der Waals surface area contributed by atoms with E-state index < -0.39 is 0 Å². The number of rotatable bonds is 4. The molecule has 7 nitrogen and oxygen atoms in total. The summed E-state index contributed by atoms with van der Waals surface area (Å²) in [5, 5.41) is 4.99. The molecular weight excluding hydrogens is 376 g/mol. The molecule has 1 atom stereocenters. The standard InChI is InChI=1S/C20H22N4O3S/c1-23-12-14(3-4-18(23)25)20(26)22-11-15-13-24(8-2-9-27-15)17-5-7-21-16-6-10-28-19(16)17/h3-7,10,12,15H,2,8-9,11,13H2,1H3,(H,22,26). The van der Waals surface area contributed by atoms with Crippen LogP contribution >= 0.6 is 11.3 Å². The van der Waals surface area contributed by atoms with Crippen molar-refractivity contribution in [1.82, 2.24) is 14.9 Å². The number of aryl methyl sites for hydroxylation is 1. The molecule has 28 heavy (non-hydrogen) atoms. The molecule has 8 heteroatoms. The summed E-state index contributed by atoms with van der Waals surface area (Å²) in [6.45, 7) is 2.68. The van der Waals surface area contributed by atoms with Gasteiger partial charge in [-0.1, -0.05) is 0 Å². The second kappa shape index (κ2) is 8.12. The first-order valence-electron chi connectivity index (χ1n) is 9.25. The van der Waals surface area contributed by atoms with E-state index in [1.165, 1.54) is 21.0 Å². The molecule has 0 bridgehead atoms. The summed E-state index contributed by atoms with van der Waals surface area (Å²) >= 11 is 1.69. The van der Waals surface area contributed by atoms with Gasteiger partial charge >= 0.3 is 0 Å². The fourth-order valence-corrected chi connectivity index (χ4v) is 4.28. The van der Waals surface area contributed by atoms with Gasteiger partial charge in [0.1, 0.15) is 0 Å². The minimum atomic E-state index is -0.209. The van der Waals surface area contributed by atoms with Crippen LogP contribution < -0.4 is 15.8 Å². The van der Waals surface area contributed by atoms with E-state index in [2.05, 4.69) is 20.6 Å². The van der Waals surface area contributed by atoms with Gasteiger partial charge in [-0.25, -0.2) is 0 Å². The van der Waals surface area contributed by atoms with E-state index in [0.29, 0.717) is 25.3 Å². The van der Waals surface area contributed by atoms with E-state index >= 15 is 0 Å². The lowest BCUT2D eigenvalue weighted by Crippen LogP contribution is -2.40. The van der Waals surface area contributed by atoms with Gasteiger partial charge in [-0.05, 0) is 30.0 Å². The second-order valence-corrected chi connectivity index (χ2v) is 7.75. The summed E-state index contributed by atoms with van der Waals surface area (Å²) in [5.41, 5.74) is 2.49. The lowest BCUT2D eigenvalue weighted by atomic mass is 10.2. The maximum Gasteiger partial charge on any atom is 0.252 e. The van der Waals surface area contributed by atoms with E-state index in [9.17, 15) is 9.59 Å². The molecule has 4 heterocycles. The normalized spacial score (nSPS) is 17.5. The molecule has 1 aliphatic heterocycles. The van der Waals surface area contributed by atoms with Crippen molar-refractivity contribution in [3.63, 3.8) is 0 Å². The van der Waals surface area contributed by atoms with Crippen LogP contribution in [-0.2, 0) is 11.8 Å². The van der Waals surface area contributed by atoms with Crippen LogP contribution in [0, 0.1) is 0 Å². The number of hydrogen-bond donors (Lipinski definition) is 1. The van der Waals surface area contributed by atoms with Crippen LogP contribution in [0.25, 0.3) is 10.2 Å². The maximum atomic E-state index is 12.4. The molecule has 1 saturated heterocycles. The molecule has 0 radical (unpaired) electrons. The van der Waals surface area contributed by atoms with Gasteiger partial charge in [-0.15, -0.1) is 11.3 Å². The Morgan fingerprint density at radius 3 is 3.11 bits per heavy atom. The molecule has 1 fully saturated rings. The number of anilines is 1. The minimum Gasteiger partial charge on any atom is -0.374 e. The summed E-state index contributed by atoms with van der Waals surface area (Å²) in [5.74, 6) is -0.209. The third kappa shape index (κ3) is 3.93. The highest BCUT2D eigenvalue weighted by Crippen LogP contribution is 2.30. The van der Waals surface area contributed by atoms with Gasteiger partial charge in [0, 0.05) is 51.7 Å². The molecule has 3 aromatic heterocycles. The van der Waals surface area contributed by atoms with Crippen molar-refractivity contribution in [2.24, 2.45) is 7.05 Å². The topological polar surface area (TPSA) is 76.5 Å². The second-order valence-electron chi connectivity index (χ2n) is 6.83. The van der Waals surface area contributed by atoms with Gasteiger partial charge in [-0.3, -0.25) is 14.6 Å². The van der Waals surface area contributed by atoms with Gasteiger partial charge in [-0.2, -0.15) is 0 Å². The zero-order valence-corrected chi connectivity index (χ0v) is 16.4. The maximum absolute atomic E-state index is 12.4. The summed E-state index contributed by atoms with van der Waals surface area (Å²) in [7, 11) is 1.63. The number of nitrogens with zero attached hydrogens (tertiary/aromatic N) is 3. The van der Waals surface area contributed by atoms with Crippen molar-refractivity contribution in [3.05, 3.63) is 58.0 Å². The molecule has 3 aromatic rings. The number of thiophene rings is 1. The number of aromatic nitrogens is 2. The van der Waals surface area contributed by atoms with Crippen LogP contribution in [0.5, 0.6) is 0 Å². The first-order chi connectivity index (χ1) is 13.6. The highest BCUT2D eigenvalue weighted by Gasteiger charge is 2.21. The van der Waals surface area contributed by atoms with Crippen LogP contribution in [0.4, 0.5) is 5.69 Å². The molecule has 0 saturated carbocycles. The average Bonchev–Trinajstić information content (AvgIpc) is 3.06. The zero-order chi connectivity index (χ0) is 19.5. The number of fused-ring (bicyclic) bond motifs is 1. The summed E-state index contributed by atoms with van der Waals surface area (Å²) in [4.78, 5) is 30.6. The number of nitrogens with one attached hydrogen (secondary N) is 1. The zero-order valence-electron chi connectivity index (χ0n) is 15.6. The molecule has 1 amide bonds. The average molecular weight is 398 g/mol. The Kier molecular flexibility index (Phi) is 5.40. The predicted molar refractivity (Wildman–Crippen MR) is 110 cm³/mol. The van der Waals surface area contributed by atoms with E-state index in [1.807, 2.05) is 18.3 Å². The first-order valence-corrected chi connectivity index (χ1v) is 10.1. The van der Waals surface area contributed by atoms with Crippen molar-refractivity contribution in [2.75, 3.05) is 31.1 Å². The largest absolute Gasteiger partial charge is 0.374 e. The molecule has 0 aromatic carbocycles. The number of hydrogen-bond acceptors (Lipinski definition) is 6. The molecular formula is C20H22N4O3S. The molecule has 146 valence electrons.